The normalized spacial score (nSPS) is 19.5. The number of nitrogens with two attached hydrogens (primary N) is 1. The largest absolute Gasteiger partial charge is 0.444 e. The fourth-order valence-corrected chi connectivity index (χ4v) is 1.94. The molecule has 0 saturated carbocycles. The molecule has 106 valence electrons. The number of alkyl carbamates (subject to hydrolysis) is 1. The fourth-order valence-electron chi connectivity index (χ4n) is 1.47. The second kappa shape index (κ2) is 5.75. The topological polar surface area (TPSA) is 91.4 Å². The van der Waals surface area contributed by atoms with Gasteiger partial charge in [-0.2, -0.15) is 0 Å². The number of nitrogens with one attached hydrogen (secondary N) is 2. The maximum absolute atomic E-state index is 11.7. The molecular weight excluding hydrogens is 312 g/mol. The van der Waals surface area contributed by atoms with Gasteiger partial charge in [0.2, 0.25) is 0 Å². The predicted molar refractivity (Wildman–Crippen MR) is 77.7 cm³/mol. The fraction of sp³-hybridized carbons (Fsp3) is 0.500. The average molecular weight is 331 g/mol. The molecule has 0 saturated heterocycles. The van der Waals surface area contributed by atoms with E-state index >= 15 is 0 Å². The van der Waals surface area contributed by atoms with E-state index in [1.165, 1.54) is 4.90 Å². The number of hydrogen-bond acceptors (Lipinski definition) is 4. The van der Waals surface area contributed by atoms with Gasteiger partial charge < -0.3 is 15.4 Å². The molecule has 6 nitrogen and oxygen atoms in total. The first kappa shape index (κ1) is 15.7. The number of nitrogens with zero attached hydrogens (tertiary/aromatic N) is 1. The lowest BCUT2D eigenvalue weighted by atomic mass is 10.2. The highest BCUT2D eigenvalue weighted by Crippen LogP contribution is 2.20. The number of hydrogen-bond donors (Lipinski definition) is 3. The Labute approximate surface area is 121 Å². The van der Waals surface area contributed by atoms with Crippen LogP contribution in [0.4, 0.5) is 4.79 Å². The van der Waals surface area contributed by atoms with Crippen LogP contribution in [-0.2, 0) is 4.74 Å². The molecule has 7 heteroatoms. The van der Waals surface area contributed by atoms with E-state index in [1.54, 1.807) is 40.0 Å². The lowest BCUT2D eigenvalue weighted by Crippen LogP contribution is -2.49. The average Bonchev–Trinajstić information content (AvgIpc) is 2.19. The van der Waals surface area contributed by atoms with Gasteiger partial charge in [0.15, 0.2) is 0 Å². The molecule has 0 aromatic rings. The van der Waals surface area contributed by atoms with Gasteiger partial charge in [0.05, 0.1) is 11.5 Å². The van der Waals surface area contributed by atoms with Crippen LogP contribution < -0.4 is 11.1 Å². The molecule has 1 atom stereocenters. The highest BCUT2D eigenvalue weighted by atomic mass is 79.9. The van der Waals surface area contributed by atoms with E-state index in [0.717, 1.165) is 0 Å². The molecular formula is C12H19BrN4O2. The molecule has 0 aliphatic carbocycles. The molecule has 1 rings (SSSR count). The van der Waals surface area contributed by atoms with Crippen molar-refractivity contribution < 1.29 is 9.53 Å². The predicted octanol–water partition coefficient (Wildman–Crippen LogP) is 2.23. The van der Waals surface area contributed by atoms with Crippen LogP contribution in [0.25, 0.3) is 0 Å². The third kappa shape index (κ3) is 4.68. The van der Waals surface area contributed by atoms with Gasteiger partial charge in [-0.3, -0.25) is 10.7 Å². The smallest absolute Gasteiger partial charge is 0.412 e. The van der Waals surface area contributed by atoms with Gasteiger partial charge in [0, 0.05) is 10.7 Å². The molecule has 0 bridgehead atoms. The zero-order valence-corrected chi connectivity index (χ0v) is 13.0. The van der Waals surface area contributed by atoms with E-state index in [-0.39, 0.29) is 5.84 Å². The summed E-state index contributed by atoms with van der Waals surface area (Å²) in [5.41, 5.74) is 5.87. The molecule has 1 unspecified atom stereocenters. The molecule has 1 aliphatic rings. The first-order valence-corrected chi connectivity index (χ1v) is 6.57. The SMILES string of the molecule is CC(=N)N1C=C(Br)C=C(NC(=O)OC(C)(C)C)C1N. The first-order chi connectivity index (χ1) is 8.60. The summed E-state index contributed by atoms with van der Waals surface area (Å²) in [6, 6.07) is 0. The molecule has 0 fully saturated rings. The van der Waals surface area contributed by atoms with E-state index in [9.17, 15) is 4.79 Å². The number of allylic oxidation sites excluding steroid dienone is 2. The van der Waals surface area contributed by atoms with E-state index in [0.29, 0.717) is 10.2 Å². The van der Waals surface area contributed by atoms with Crippen LogP contribution in [0.15, 0.2) is 22.5 Å². The van der Waals surface area contributed by atoms with Crippen LogP contribution in [0.3, 0.4) is 0 Å². The maximum Gasteiger partial charge on any atom is 0.412 e. The zero-order valence-electron chi connectivity index (χ0n) is 11.5. The summed E-state index contributed by atoms with van der Waals surface area (Å²) in [6.07, 6.45) is 2.19. The monoisotopic (exact) mass is 330 g/mol. The summed E-state index contributed by atoms with van der Waals surface area (Å²) >= 11 is 3.31. The minimum Gasteiger partial charge on any atom is -0.444 e. The molecule has 1 amide bonds. The summed E-state index contributed by atoms with van der Waals surface area (Å²) in [5.74, 6) is 0.279. The highest BCUT2D eigenvalue weighted by Gasteiger charge is 2.25. The third-order valence-electron chi connectivity index (χ3n) is 2.21. The summed E-state index contributed by atoms with van der Waals surface area (Å²) in [7, 11) is 0. The van der Waals surface area contributed by atoms with Crippen LogP contribution in [0, 0.1) is 5.41 Å². The van der Waals surface area contributed by atoms with Crippen molar-refractivity contribution in [2.75, 3.05) is 0 Å². The van der Waals surface area contributed by atoms with Gasteiger partial charge in [0.25, 0.3) is 0 Å². The Bertz CT molecular complexity index is 451. The van der Waals surface area contributed by atoms with E-state index in [1.807, 2.05) is 0 Å². The van der Waals surface area contributed by atoms with Gasteiger partial charge in [-0.25, -0.2) is 4.79 Å². The molecule has 4 N–H and O–H groups in total. The lowest BCUT2D eigenvalue weighted by molar-refractivity contribution is 0.0539. The second-order valence-corrected chi connectivity index (χ2v) is 6.09. The molecule has 1 aliphatic heterocycles. The van der Waals surface area contributed by atoms with Crippen LogP contribution in [0.5, 0.6) is 0 Å². The number of rotatable bonds is 1. The molecule has 0 aromatic carbocycles. The number of amides is 1. The van der Waals surface area contributed by atoms with Crippen LogP contribution in [0.2, 0.25) is 0 Å². The van der Waals surface area contributed by atoms with Gasteiger partial charge in [-0.1, -0.05) is 0 Å². The van der Waals surface area contributed by atoms with Crippen molar-refractivity contribution in [3.05, 3.63) is 22.5 Å². The van der Waals surface area contributed by atoms with Crippen molar-refractivity contribution in [1.29, 1.82) is 5.41 Å². The van der Waals surface area contributed by atoms with E-state index in [2.05, 4.69) is 21.2 Å². The van der Waals surface area contributed by atoms with Gasteiger partial charge >= 0.3 is 6.09 Å². The Morgan fingerprint density at radius 1 is 1.58 bits per heavy atom. The molecule has 0 spiro atoms. The van der Waals surface area contributed by atoms with Gasteiger partial charge in [-0.15, -0.1) is 0 Å². The Morgan fingerprint density at radius 3 is 2.63 bits per heavy atom. The first-order valence-electron chi connectivity index (χ1n) is 5.78. The second-order valence-electron chi connectivity index (χ2n) is 5.18. The standard InChI is InChI=1S/C12H19BrN4O2/c1-7(14)17-6-8(13)5-9(10(17)15)16-11(18)19-12(2,3)4/h5-6,10,14H,15H2,1-4H3,(H,16,18). The Balaban J connectivity index is 2.81. The van der Waals surface area contributed by atoms with E-state index in [4.69, 9.17) is 15.9 Å². The van der Waals surface area contributed by atoms with Crippen molar-refractivity contribution in [2.45, 2.75) is 39.5 Å². The summed E-state index contributed by atoms with van der Waals surface area (Å²) in [6.45, 7) is 6.97. The molecule has 19 heavy (non-hydrogen) atoms. The summed E-state index contributed by atoms with van der Waals surface area (Å²) < 4.78 is 5.88. The van der Waals surface area contributed by atoms with Crippen molar-refractivity contribution in [1.82, 2.24) is 10.2 Å². The van der Waals surface area contributed by atoms with Gasteiger partial charge in [-0.05, 0) is 49.7 Å². The Morgan fingerprint density at radius 2 is 2.16 bits per heavy atom. The minimum atomic E-state index is -0.619. The molecule has 0 radical (unpaired) electrons. The van der Waals surface area contributed by atoms with Crippen LogP contribution in [0.1, 0.15) is 27.7 Å². The molecule has 0 aromatic heterocycles. The minimum absolute atomic E-state index is 0.279. The quantitative estimate of drug-likeness (QED) is 0.507. The number of carbonyl (C=O) groups is 1. The van der Waals surface area contributed by atoms with Gasteiger partial charge in [0.1, 0.15) is 11.8 Å². The van der Waals surface area contributed by atoms with Crippen LogP contribution >= 0.6 is 15.9 Å². The van der Waals surface area contributed by atoms with Crippen LogP contribution in [-0.4, -0.2) is 28.6 Å². The number of ether oxygens (including phenoxy) is 1. The summed E-state index contributed by atoms with van der Waals surface area (Å²) in [5, 5.41) is 10.2. The zero-order chi connectivity index (χ0) is 14.8. The van der Waals surface area contributed by atoms with E-state index < -0.39 is 17.9 Å². The Hall–Kier alpha value is -1.34. The third-order valence-corrected chi connectivity index (χ3v) is 2.64. The Kier molecular flexibility index (Phi) is 4.75. The van der Waals surface area contributed by atoms with Crippen molar-refractivity contribution >= 4 is 27.9 Å². The maximum atomic E-state index is 11.7. The highest BCUT2D eigenvalue weighted by molar-refractivity contribution is 9.11. The number of halogens is 1. The summed E-state index contributed by atoms with van der Waals surface area (Å²) in [4.78, 5) is 13.3. The van der Waals surface area contributed by atoms with Crippen molar-refractivity contribution in [3.8, 4) is 0 Å². The number of carbonyl (C=O) groups excluding carboxylic acids is 1. The van der Waals surface area contributed by atoms with Crippen molar-refractivity contribution in [2.24, 2.45) is 5.73 Å². The molecule has 1 heterocycles. The number of amidine groups is 1. The van der Waals surface area contributed by atoms with Crippen molar-refractivity contribution in [3.63, 3.8) is 0 Å². The lowest BCUT2D eigenvalue weighted by Gasteiger charge is -2.32.